The predicted octanol–water partition coefficient (Wildman–Crippen LogP) is 7.23. The third-order valence-electron chi connectivity index (χ3n) is 7.69. The molecule has 4 rings (SSSR count). The number of nitrogens with zero attached hydrogens (tertiary/aromatic N) is 4. The summed E-state index contributed by atoms with van der Waals surface area (Å²) >= 11 is 1.42. The van der Waals surface area contributed by atoms with E-state index in [9.17, 15) is 19.2 Å². The van der Waals surface area contributed by atoms with Crippen LogP contribution in [0.1, 0.15) is 88.0 Å². The smallest absolute Gasteiger partial charge is 0.345 e. The quantitative estimate of drug-likeness (QED) is 0.127. The average Bonchev–Trinajstić information content (AvgIpc) is 3.44. The van der Waals surface area contributed by atoms with Crippen LogP contribution >= 0.6 is 11.8 Å². The number of ketones is 1. The highest BCUT2D eigenvalue weighted by atomic mass is 32.2. The minimum absolute atomic E-state index is 0.0161. The second-order valence-electron chi connectivity index (χ2n) is 12.8. The van der Waals surface area contributed by atoms with Crippen molar-refractivity contribution in [3.05, 3.63) is 83.8 Å². The van der Waals surface area contributed by atoms with Gasteiger partial charge in [0.2, 0.25) is 5.91 Å². The first-order valence-corrected chi connectivity index (χ1v) is 17.5. The van der Waals surface area contributed by atoms with Gasteiger partial charge in [0.25, 0.3) is 5.91 Å². The van der Waals surface area contributed by atoms with Crippen molar-refractivity contribution in [3.8, 4) is 0 Å². The molecule has 0 atom stereocenters. The minimum Gasteiger partial charge on any atom is -0.355 e. The van der Waals surface area contributed by atoms with E-state index >= 15 is 0 Å². The molecule has 2 N–H and O–H groups in total. The van der Waals surface area contributed by atoms with Gasteiger partial charge in [0.15, 0.2) is 5.78 Å². The topological polar surface area (TPSA) is 126 Å². The highest BCUT2D eigenvalue weighted by molar-refractivity contribution is 7.99. The van der Waals surface area contributed by atoms with Crippen LogP contribution in [0.25, 0.3) is 23.1 Å². The number of aromatic nitrogens is 3. The number of amides is 3. The number of hydrogen-bond donors (Lipinski definition) is 2. The third-order valence-corrected chi connectivity index (χ3v) is 8.76. The molecule has 0 unspecified atom stereocenters. The van der Waals surface area contributed by atoms with Crippen LogP contribution in [0.3, 0.4) is 0 Å². The lowest BCUT2D eigenvalue weighted by atomic mass is 10.1. The summed E-state index contributed by atoms with van der Waals surface area (Å²) in [6.45, 7) is 8.05. The van der Waals surface area contributed by atoms with Crippen LogP contribution in [0, 0.1) is 0 Å². The molecule has 0 aliphatic heterocycles. The van der Waals surface area contributed by atoms with E-state index in [-0.39, 0.29) is 29.7 Å². The first-order chi connectivity index (χ1) is 23.5. The normalized spacial score (nSPS) is 11.5. The molecule has 2 aromatic carbocycles. The molecule has 4 aromatic rings. The van der Waals surface area contributed by atoms with Crippen molar-refractivity contribution < 1.29 is 19.2 Å². The maximum absolute atomic E-state index is 14.0. The van der Waals surface area contributed by atoms with Gasteiger partial charge in [-0.3, -0.25) is 19.4 Å². The fraction of sp³-hybridized carbons (Fsp3) is 0.368. The molecular weight excluding hydrogens is 637 g/mol. The Hall–Kier alpha value is -4.77. The zero-order chi connectivity index (χ0) is 35.4. The zero-order valence-corrected chi connectivity index (χ0v) is 29.8. The maximum Gasteiger partial charge on any atom is 0.345 e. The van der Waals surface area contributed by atoms with E-state index in [0.717, 1.165) is 40.1 Å². The molecule has 11 heteroatoms. The van der Waals surface area contributed by atoms with Crippen LogP contribution in [0.4, 0.5) is 4.79 Å². The van der Waals surface area contributed by atoms with Crippen molar-refractivity contribution in [2.75, 3.05) is 20.1 Å². The number of benzene rings is 2. The van der Waals surface area contributed by atoms with Gasteiger partial charge in [-0.05, 0) is 95.2 Å². The van der Waals surface area contributed by atoms with Gasteiger partial charge in [-0.25, -0.2) is 4.79 Å². The van der Waals surface area contributed by atoms with Gasteiger partial charge in [0.05, 0.1) is 29.0 Å². The van der Waals surface area contributed by atoms with Crippen LogP contribution in [-0.4, -0.2) is 69.0 Å². The van der Waals surface area contributed by atoms with E-state index in [1.807, 2.05) is 94.4 Å². The number of carbonyl (C=O) groups is 4. The lowest BCUT2D eigenvalue weighted by Gasteiger charge is -2.20. The van der Waals surface area contributed by atoms with E-state index in [1.54, 1.807) is 19.3 Å². The Morgan fingerprint density at radius 1 is 0.918 bits per heavy atom. The highest BCUT2D eigenvalue weighted by Crippen LogP contribution is 2.34. The van der Waals surface area contributed by atoms with Crippen molar-refractivity contribution >= 4 is 58.4 Å². The number of fused-ring (bicyclic) bond motifs is 1. The Balaban J connectivity index is 1.50. The lowest BCUT2D eigenvalue weighted by molar-refractivity contribution is -0.122. The summed E-state index contributed by atoms with van der Waals surface area (Å²) < 4.78 is 1.36. The molecule has 0 radical (unpaired) electrons. The minimum atomic E-state index is -0.392. The van der Waals surface area contributed by atoms with Gasteiger partial charge in [0.1, 0.15) is 0 Å². The Morgan fingerprint density at radius 2 is 1.65 bits per heavy atom. The summed E-state index contributed by atoms with van der Waals surface area (Å²) in [7, 11) is 1.60. The van der Waals surface area contributed by atoms with E-state index in [2.05, 4.69) is 15.6 Å². The molecule has 0 fully saturated rings. The summed E-state index contributed by atoms with van der Waals surface area (Å²) in [5.74, 6) is -0.158. The van der Waals surface area contributed by atoms with Crippen LogP contribution in [0.2, 0.25) is 0 Å². The van der Waals surface area contributed by atoms with Gasteiger partial charge in [0, 0.05) is 53.3 Å². The molecule has 2 heterocycles. The Labute approximate surface area is 292 Å². The highest BCUT2D eigenvalue weighted by Gasteiger charge is 2.22. The second-order valence-corrected chi connectivity index (χ2v) is 13.9. The van der Waals surface area contributed by atoms with Crippen molar-refractivity contribution in [1.82, 2.24) is 30.3 Å². The number of carbonyl (C=O) groups excluding carboxylic acids is 4. The number of unbranched alkanes of at least 4 members (excludes halogenated alkanes) is 3. The third kappa shape index (κ3) is 10.9. The second kappa shape index (κ2) is 17.6. The van der Waals surface area contributed by atoms with E-state index in [0.29, 0.717) is 42.6 Å². The summed E-state index contributed by atoms with van der Waals surface area (Å²) in [4.78, 5) is 59.0. The van der Waals surface area contributed by atoms with Gasteiger partial charge < -0.3 is 15.5 Å². The Morgan fingerprint density at radius 3 is 2.35 bits per heavy atom. The summed E-state index contributed by atoms with van der Waals surface area (Å²) in [6, 6.07) is 18.3. The molecule has 0 aliphatic carbocycles. The van der Waals surface area contributed by atoms with E-state index in [4.69, 9.17) is 5.10 Å². The molecule has 0 saturated carbocycles. The van der Waals surface area contributed by atoms with Crippen LogP contribution in [0.15, 0.2) is 76.7 Å². The molecular formula is C38H46N6O4S. The molecule has 3 amide bonds. The monoisotopic (exact) mass is 682 g/mol. The molecule has 0 spiro atoms. The fourth-order valence-electron chi connectivity index (χ4n) is 5.28. The largest absolute Gasteiger partial charge is 0.355 e. The van der Waals surface area contributed by atoms with Gasteiger partial charge in [-0.2, -0.15) is 9.78 Å². The van der Waals surface area contributed by atoms with Crippen LogP contribution < -0.4 is 10.6 Å². The summed E-state index contributed by atoms with van der Waals surface area (Å²) in [6.07, 6.45) is 9.41. The molecule has 0 saturated heterocycles. The number of likely N-dealkylation sites (N-methyl/N-ethyl adjacent to an activating group) is 1. The number of Topliss-reactive ketones (excluding diaryl/α,β-unsaturated/α-hetero) is 1. The van der Waals surface area contributed by atoms with Crippen molar-refractivity contribution in [1.29, 1.82) is 0 Å². The molecule has 2 aromatic heterocycles. The average molecular weight is 683 g/mol. The first kappa shape index (κ1) is 37.1. The van der Waals surface area contributed by atoms with Crippen LogP contribution in [-0.2, 0) is 9.59 Å². The lowest BCUT2D eigenvalue weighted by Crippen LogP contribution is -2.40. The SMILES string of the molecule is CCN(CC(=O)CCCCCCC(=O)NC(C)(C)C)C(=O)n1nc(/C=C/c2ccccn2)c2ccc(Sc3ccccc3C(=O)NC)cc21. The van der Waals surface area contributed by atoms with Gasteiger partial charge in [-0.1, -0.05) is 42.8 Å². The number of hydrogen-bond acceptors (Lipinski definition) is 7. The number of nitrogens with one attached hydrogen (secondary N) is 2. The first-order valence-electron chi connectivity index (χ1n) is 16.7. The Kier molecular flexibility index (Phi) is 13.3. The summed E-state index contributed by atoms with van der Waals surface area (Å²) in [5.41, 5.74) is 2.25. The van der Waals surface area contributed by atoms with Crippen LogP contribution in [0.5, 0.6) is 0 Å². The standard InChI is InChI=1S/C38H46N6O4S/c1-6-43(26-28(45)16-9-7-8-10-19-35(46)41-38(2,3)4)37(48)44-33-25-29(49-34-18-12-11-17-31(34)36(47)39-5)21-22-30(33)32(42-44)23-20-27-15-13-14-24-40-27/h11-15,17-18,20-25H,6-10,16,19,26H2,1-5H3,(H,39,47)(H,41,46)/b23-20+. The van der Waals surface area contributed by atoms with Crippen molar-refractivity contribution in [2.24, 2.45) is 0 Å². The molecule has 49 heavy (non-hydrogen) atoms. The molecule has 0 aliphatic rings. The van der Waals surface area contributed by atoms with Gasteiger partial charge in [-0.15, -0.1) is 0 Å². The molecule has 258 valence electrons. The Bertz CT molecular complexity index is 1800. The summed E-state index contributed by atoms with van der Waals surface area (Å²) in [5, 5.41) is 11.1. The zero-order valence-electron chi connectivity index (χ0n) is 29.0. The van der Waals surface area contributed by atoms with Gasteiger partial charge >= 0.3 is 6.03 Å². The maximum atomic E-state index is 14.0. The predicted molar refractivity (Wildman–Crippen MR) is 195 cm³/mol. The van der Waals surface area contributed by atoms with Crippen molar-refractivity contribution in [3.63, 3.8) is 0 Å². The van der Waals surface area contributed by atoms with E-state index in [1.165, 1.54) is 21.3 Å². The molecule has 0 bridgehead atoms. The number of rotatable bonds is 15. The number of pyridine rings is 1. The van der Waals surface area contributed by atoms with E-state index < -0.39 is 6.03 Å². The van der Waals surface area contributed by atoms with Crippen molar-refractivity contribution in [2.45, 2.75) is 81.5 Å². The fourth-order valence-corrected chi connectivity index (χ4v) is 6.26. The molecule has 10 nitrogen and oxygen atoms in total.